The zero-order chi connectivity index (χ0) is 15.2. The Morgan fingerprint density at radius 1 is 1.33 bits per heavy atom. The molecule has 0 spiro atoms. The van der Waals surface area contributed by atoms with Crippen LogP contribution >= 0.6 is 0 Å². The largest absolute Gasteiger partial charge is 0.482 e. The van der Waals surface area contributed by atoms with Crippen LogP contribution in [0.4, 0.5) is 15.8 Å². The van der Waals surface area contributed by atoms with E-state index in [2.05, 4.69) is 5.32 Å². The van der Waals surface area contributed by atoms with Crippen molar-refractivity contribution in [2.45, 2.75) is 0 Å². The number of rotatable bonds is 4. The van der Waals surface area contributed by atoms with Gasteiger partial charge >= 0.3 is 0 Å². The first-order chi connectivity index (χ1) is 10.1. The first-order valence-electron chi connectivity index (χ1n) is 6.06. The number of carbonyl (C=O) groups is 1. The molecule has 2 aromatic rings. The van der Waals surface area contributed by atoms with Crippen molar-refractivity contribution in [1.82, 2.24) is 0 Å². The first kappa shape index (κ1) is 14.3. The smallest absolute Gasteiger partial charge is 0.262 e. The van der Waals surface area contributed by atoms with Crippen molar-refractivity contribution < 1.29 is 13.9 Å². The number of nitrogens with zero attached hydrogens (tertiary/aromatic N) is 1. The van der Waals surface area contributed by atoms with Crippen LogP contribution in [0.25, 0.3) is 0 Å². The molecule has 0 unspecified atom stereocenters. The number of nitrogens with two attached hydrogens (primary N) is 1. The molecule has 3 N–H and O–H groups in total. The molecular weight excluding hydrogens is 273 g/mol. The Kier molecular flexibility index (Phi) is 4.36. The van der Waals surface area contributed by atoms with Crippen LogP contribution in [0.2, 0.25) is 0 Å². The number of anilines is 2. The Morgan fingerprint density at radius 2 is 2.14 bits per heavy atom. The maximum atomic E-state index is 13.0. The molecule has 0 saturated heterocycles. The maximum Gasteiger partial charge on any atom is 0.262 e. The molecule has 1 amide bonds. The molecule has 0 bridgehead atoms. The Bertz CT molecular complexity index is 710. The molecule has 21 heavy (non-hydrogen) atoms. The average Bonchev–Trinajstić information content (AvgIpc) is 2.45. The van der Waals surface area contributed by atoms with Crippen molar-refractivity contribution >= 4 is 17.3 Å². The highest BCUT2D eigenvalue weighted by Gasteiger charge is 2.08. The van der Waals surface area contributed by atoms with Crippen molar-refractivity contribution in [1.29, 1.82) is 5.26 Å². The van der Waals surface area contributed by atoms with Gasteiger partial charge in [0.15, 0.2) is 6.61 Å². The van der Waals surface area contributed by atoms with E-state index >= 15 is 0 Å². The van der Waals surface area contributed by atoms with E-state index in [4.69, 9.17) is 15.7 Å². The third-order valence-electron chi connectivity index (χ3n) is 2.59. The van der Waals surface area contributed by atoms with Crippen LogP contribution in [0, 0.1) is 17.1 Å². The summed E-state index contributed by atoms with van der Waals surface area (Å²) in [5.41, 5.74) is 6.57. The fourth-order valence-electron chi connectivity index (χ4n) is 1.67. The van der Waals surface area contributed by atoms with E-state index < -0.39 is 11.7 Å². The highest BCUT2D eigenvalue weighted by atomic mass is 19.1. The zero-order valence-electron chi connectivity index (χ0n) is 11.0. The number of nitrogen functional groups attached to an aromatic ring is 1. The van der Waals surface area contributed by atoms with Gasteiger partial charge in [-0.3, -0.25) is 4.79 Å². The Hall–Kier alpha value is -3.07. The molecule has 0 heterocycles. The van der Waals surface area contributed by atoms with Gasteiger partial charge in [0.2, 0.25) is 0 Å². The summed E-state index contributed by atoms with van der Waals surface area (Å²) in [6.45, 7) is -0.297. The molecule has 6 heteroatoms. The molecule has 0 radical (unpaired) electrons. The summed E-state index contributed by atoms with van der Waals surface area (Å²) in [6.07, 6.45) is 0. The fraction of sp³-hybridized carbons (Fsp3) is 0.0667. The van der Waals surface area contributed by atoms with Gasteiger partial charge in [-0.1, -0.05) is 6.07 Å². The second-order valence-electron chi connectivity index (χ2n) is 4.21. The average molecular weight is 285 g/mol. The van der Waals surface area contributed by atoms with E-state index in [9.17, 15) is 9.18 Å². The molecule has 0 fully saturated rings. The van der Waals surface area contributed by atoms with Crippen LogP contribution in [0.15, 0.2) is 42.5 Å². The number of nitrogens with one attached hydrogen (secondary N) is 1. The summed E-state index contributed by atoms with van der Waals surface area (Å²) >= 11 is 0. The van der Waals surface area contributed by atoms with Crippen molar-refractivity contribution in [3.8, 4) is 11.8 Å². The number of halogens is 1. The van der Waals surface area contributed by atoms with Gasteiger partial charge < -0.3 is 15.8 Å². The molecule has 2 aromatic carbocycles. The number of benzene rings is 2. The van der Waals surface area contributed by atoms with E-state index in [1.807, 2.05) is 6.07 Å². The molecule has 0 atom stereocenters. The van der Waals surface area contributed by atoms with Gasteiger partial charge in [0, 0.05) is 11.4 Å². The SMILES string of the molecule is N#Cc1cc(N)ccc1OCC(=O)Nc1cccc(F)c1. The fourth-order valence-corrected chi connectivity index (χ4v) is 1.67. The Labute approximate surface area is 120 Å². The lowest BCUT2D eigenvalue weighted by Gasteiger charge is -2.09. The number of carbonyl (C=O) groups excluding carboxylic acids is 1. The lowest BCUT2D eigenvalue weighted by atomic mass is 10.2. The normalized spacial score (nSPS) is 9.71. The summed E-state index contributed by atoms with van der Waals surface area (Å²) in [4.78, 5) is 11.7. The maximum absolute atomic E-state index is 13.0. The van der Waals surface area contributed by atoms with Crippen LogP contribution in [-0.2, 0) is 4.79 Å². The van der Waals surface area contributed by atoms with Gasteiger partial charge in [-0.25, -0.2) is 4.39 Å². The predicted molar refractivity (Wildman–Crippen MR) is 76.1 cm³/mol. The molecule has 0 saturated carbocycles. The highest BCUT2D eigenvalue weighted by molar-refractivity contribution is 5.91. The van der Waals surface area contributed by atoms with Crippen LogP contribution in [0.3, 0.4) is 0 Å². The van der Waals surface area contributed by atoms with Crippen molar-refractivity contribution in [2.24, 2.45) is 0 Å². The van der Waals surface area contributed by atoms with E-state index in [1.165, 1.54) is 30.3 Å². The van der Waals surface area contributed by atoms with Crippen LogP contribution < -0.4 is 15.8 Å². The molecule has 5 nitrogen and oxygen atoms in total. The van der Waals surface area contributed by atoms with Crippen LogP contribution in [0.5, 0.6) is 5.75 Å². The molecule has 0 aliphatic rings. The van der Waals surface area contributed by atoms with E-state index in [-0.39, 0.29) is 17.9 Å². The first-order valence-corrected chi connectivity index (χ1v) is 6.06. The number of amides is 1. The lowest BCUT2D eigenvalue weighted by molar-refractivity contribution is -0.118. The summed E-state index contributed by atoms with van der Waals surface area (Å²) in [7, 11) is 0. The van der Waals surface area contributed by atoms with Gasteiger partial charge in [0.05, 0.1) is 5.56 Å². The van der Waals surface area contributed by atoms with Crippen molar-refractivity contribution in [3.05, 3.63) is 53.8 Å². The molecule has 0 aliphatic carbocycles. The van der Waals surface area contributed by atoms with Gasteiger partial charge in [0.1, 0.15) is 17.6 Å². The molecule has 106 valence electrons. The minimum atomic E-state index is -0.457. The minimum absolute atomic E-state index is 0.244. The summed E-state index contributed by atoms with van der Waals surface area (Å²) < 4.78 is 18.2. The summed E-state index contributed by atoms with van der Waals surface area (Å²) in [5.74, 6) is -0.638. The number of hydrogen-bond acceptors (Lipinski definition) is 4. The van der Waals surface area contributed by atoms with Gasteiger partial charge in [-0.15, -0.1) is 0 Å². The number of ether oxygens (including phenoxy) is 1. The van der Waals surface area contributed by atoms with E-state index in [0.29, 0.717) is 11.4 Å². The summed E-state index contributed by atoms with van der Waals surface area (Å²) in [6, 6.07) is 12.0. The van der Waals surface area contributed by atoms with Crippen LogP contribution in [-0.4, -0.2) is 12.5 Å². The summed E-state index contributed by atoms with van der Waals surface area (Å²) in [5, 5.41) is 11.4. The van der Waals surface area contributed by atoms with Gasteiger partial charge in [-0.05, 0) is 36.4 Å². The Morgan fingerprint density at radius 3 is 2.86 bits per heavy atom. The highest BCUT2D eigenvalue weighted by Crippen LogP contribution is 2.20. The molecule has 0 aliphatic heterocycles. The lowest BCUT2D eigenvalue weighted by Crippen LogP contribution is -2.20. The van der Waals surface area contributed by atoms with Crippen molar-refractivity contribution in [2.75, 3.05) is 17.7 Å². The monoisotopic (exact) mass is 285 g/mol. The zero-order valence-corrected chi connectivity index (χ0v) is 11.0. The van der Waals surface area contributed by atoms with Crippen LogP contribution in [0.1, 0.15) is 5.56 Å². The molecule has 0 aromatic heterocycles. The third-order valence-corrected chi connectivity index (χ3v) is 2.59. The van der Waals surface area contributed by atoms with E-state index in [0.717, 1.165) is 0 Å². The Balaban J connectivity index is 1.97. The number of nitriles is 1. The number of hydrogen-bond donors (Lipinski definition) is 2. The topological polar surface area (TPSA) is 88.1 Å². The van der Waals surface area contributed by atoms with Crippen molar-refractivity contribution in [3.63, 3.8) is 0 Å². The molecular formula is C15H12FN3O2. The second kappa shape index (κ2) is 6.39. The third kappa shape index (κ3) is 3.94. The second-order valence-corrected chi connectivity index (χ2v) is 4.21. The van der Waals surface area contributed by atoms with Gasteiger partial charge in [-0.2, -0.15) is 5.26 Å². The minimum Gasteiger partial charge on any atom is -0.482 e. The quantitative estimate of drug-likeness (QED) is 0.844. The standard InChI is InChI=1S/C15H12FN3O2/c16-11-2-1-3-13(7-11)19-15(20)9-21-14-5-4-12(18)6-10(14)8-17/h1-7H,9,18H2,(H,19,20). The predicted octanol–water partition coefficient (Wildman–Crippen LogP) is 2.30. The molecule has 2 rings (SSSR count). The van der Waals surface area contributed by atoms with Gasteiger partial charge in [0.25, 0.3) is 5.91 Å². The van der Waals surface area contributed by atoms with E-state index in [1.54, 1.807) is 12.1 Å².